The third kappa shape index (κ3) is 5.19. The molecule has 6 heteroatoms. The van der Waals surface area contributed by atoms with E-state index in [4.69, 9.17) is 11.6 Å². The molecular weight excluding hydrogens is 260 g/mol. The van der Waals surface area contributed by atoms with Crippen LogP contribution in [-0.4, -0.2) is 23.9 Å². The zero-order chi connectivity index (χ0) is 12.8. The molecule has 17 heavy (non-hydrogen) atoms. The third-order valence-electron chi connectivity index (χ3n) is 2.06. The normalized spacial score (nSPS) is 11.9. The van der Waals surface area contributed by atoms with Crippen molar-refractivity contribution in [2.24, 2.45) is 0 Å². The van der Waals surface area contributed by atoms with Crippen LogP contribution in [0.2, 0.25) is 0 Å². The average molecular weight is 275 g/mol. The SMILES string of the molecule is Cc1ccc(CC(C)NC(=O)NC(=O)CCl)s1. The average Bonchev–Trinajstić information content (AvgIpc) is 2.63. The topological polar surface area (TPSA) is 58.2 Å². The molecule has 4 nitrogen and oxygen atoms in total. The highest BCUT2D eigenvalue weighted by Crippen LogP contribution is 2.16. The summed E-state index contributed by atoms with van der Waals surface area (Å²) in [4.78, 5) is 24.6. The largest absolute Gasteiger partial charge is 0.335 e. The molecule has 0 radical (unpaired) electrons. The second-order valence-corrected chi connectivity index (χ2v) is 5.41. The van der Waals surface area contributed by atoms with E-state index in [2.05, 4.69) is 10.6 Å². The second kappa shape index (κ2) is 6.61. The molecule has 0 aliphatic heterocycles. The number of alkyl halides is 1. The highest BCUT2D eigenvalue weighted by Gasteiger charge is 2.11. The molecule has 1 atom stereocenters. The molecule has 1 unspecified atom stereocenters. The van der Waals surface area contributed by atoms with E-state index in [1.807, 2.05) is 26.0 Å². The predicted octanol–water partition coefficient (Wildman–Crippen LogP) is 2.05. The Kier molecular flexibility index (Phi) is 5.44. The van der Waals surface area contributed by atoms with Gasteiger partial charge >= 0.3 is 6.03 Å². The summed E-state index contributed by atoms with van der Waals surface area (Å²) in [5.74, 6) is -0.713. The zero-order valence-corrected chi connectivity index (χ0v) is 11.3. The summed E-state index contributed by atoms with van der Waals surface area (Å²) in [5.41, 5.74) is 0. The summed E-state index contributed by atoms with van der Waals surface area (Å²) in [6, 6.07) is 3.55. The van der Waals surface area contributed by atoms with Crippen molar-refractivity contribution in [3.8, 4) is 0 Å². The van der Waals surface area contributed by atoms with Crippen LogP contribution in [0.4, 0.5) is 4.79 Å². The number of urea groups is 1. The predicted molar refractivity (Wildman–Crippen MR) is 69.6 cm³/mol. The van der Waals surface area contributed by atoms with Crippen LogP contribution in [0.15, 0.2) is 12.1 Å². The molecule has 0 saturated carbocycles. The minimum atomic E-state index is -0.503. The van der Waals surface area contributed by atoms with Crippen LogP contribution >= 0.6 is 22.9 Å². The summed E-state index contributed by atoms with van der Waals surface area (Å²) in [7, 11) is 0. The Morgan fingerprint density at radius 2 is 2.18 bits per heavy atom. The van der Waals surface area contributed by atoms with Gasteiger partial charge in [0.15, 0.2) is 0 Å². The minimum Gasteiger partial charge on any atom is -0.335 e. The fourth-order valence-electron chi connectivity index (χ4n) is 1.37. The molecule has 1 rings (SSSR count). The van der Waals surface area contributed by atoms with E-state index in [9.17, 15) is 9.59 Å². The standard InChI is InChI=1S/C11H15ClN2O2S/c1-7(5-9-4-3-8(2)17-9)13-11(16)14-10(15)6-12/h3-4,7H,5-6H2,1-2H3,(H2,13,14,15,16). The van der Waals surface area contributed by atoms with Gasteiger partial charge in [-0.15, -0.1) is 22.9 Å². The number of carbonyl (C=O) groups excluding carboxylic acids is 2. The number of amides is 3. The Bertz CT molecular complexity index is 406. The fraction of sp³-hybridized carbons (Fsp3) is 0.455. The Morgan fingerprint density at radius 1 is 1.47 bits per heavy atom. The Hall–Kier alpha value is -1.07. The highest BCUT2D eigenvalue weighted by atomic mass is 35.5. The number of nitrogens with one attached hydrogen (secondary N) is 2. The number of hydrogen-bond donors (Lipinski definition) is 2. The van der Waals surface area contributed by atoms with Gasteiger partial charge < -0.3 is 5.32 Å². The molecular formula is C11H15ClN2O2S. The summed E-state index contributed by atoms with van der Waals surface area (Å²) < 4.78 is 0. The van der Waals surface area contributed by atoms with Gasteiger partial charge in [-0.1, -0.05) is 0 Å². The molecule has 1 heterocycles. The maximum absolute atomic E-state index is 11.3. The molecule has 0 saturated heterocycles. The molecule has 1 aromatic rings. The van der Waals surface area contributed by atoms with E-state index < -0.39 is 11.9 Å². The van der Waals surface area contributed by atoms with Crippen molar-refractivity contribution >= 4 is 34.9 Å². The van der Waals surface area contributed by atoms with Gasteiger partial charge in [0.1, 0.15) is 5.88 Å². The van der Waals surface area contributed by atoms with Crippen LogP contribution in [0.5, 0.6) is 0 Å². The number of rotatable bonds is 4. The lowest BCUT2D eigenvalue weighted by molar-refractivity contribution is -0.117. The summed E-state index contributed by atoms with van der Waals surface area (Å²) >= 11 is 6.98. The van der Waals surface area contributed by atoms with E-state index in [0.717, 1.165) is 6.42 Å². The van der Waals surface area contributed by atoms with E-state index in [-0.39, 0.29) is 11.9 Å². The molecule has 94 valence electrons. The zero-order valence-electron chi connectivity index (χ0n) is 9.75. The first-order valence-electron chi connectivity index (χ1n) is 5.23. The molecule has 0 aromatic carbocycles. The first kappa shape index (κ1) is 14.0. The number of imide groups is 1. The van der Waals surface area contributed by atoms with Crippen molar-refractivity contribution in [2.45, 2.75) is 26.3 Å². The Balaban J connectivity index is 2.36. The third-order valence-corrected chi connectivity index (χ3v) is 3.32. The summed E-state index contributed by atoms with van der Waals surface area (Å²) in [5, 5.41) is 4.81. The molecule has 1 aromatic heterocycles. The molecule has 0 aliphatic rings. The van der Waals surface area contributed by atoms with Gasteiger partial charge in [0, 0.05) is 22.2 Å². The molecule has 0 fully saturated rings. The van der Waals surface area contributed by atoms with Gasteiger partial charge in [-0.05, 0) is 26.0 Å². The van der Waals surface area contributed by atoms with E-state index >= 15 is 0 Å². The number of hydrogen-bond acceptors (Lipinski definition) is 3. The van der Waals surface area contributed by atoms with E-state index in [0.29, 0.717) is 0 Å². The minimum absolute atomic E-state index is 0.0313. The van der Waals surface area contributed by atoms with Gasteiger partial charge in [0.05, 0.1) is 0 Å². The van der Waals surface area contributed by atoms with Gasteiger partial charge in [0.25, 0.3) is 0 Å². The van der Waals surface area contributed by atoms with Crippen LogP contribution in [0, 0.1) is 6.92 Å². The monoisotopic (exact) mass is 274 g/mol. The van der Waals surface area contributed by atoms with Gasteiger partial charge in [0.2, 0.25) is 5.91 Å². The van der Waals surface area contributed by atoms with Gasteiger partial charge in [-0.2, -0.15) is 0 Å². The summed E-state index contributed by atoms with van der Waals surface area (Å²) in [6.45, 7) is 3.93. The van der Waals surface area contributed by atoms with E-state index in [1.165, 1.54) is 9.75 Å². The first-order valence-corrected chi connectivity index (χ1v) is 6.58. The molecule has 0 bridgehead atoms. The number of thiophene rings is 1. The number of halogens is 1. The maximum atomic E-state index is 11.3. The lowest BCUT2D eigenvalue weighted by atomic mass is 10.2. The maximum Gasteiger partial charge on any atom is 0.321 e. The van der Waals surface area contributed by atoms with Crippen LogP contribution < -0.4 is 10.6 Å². The van der Waals surface area contributed by atoms with Gasteiger partial charge in [-0.3, -0.25) is 10.1 Å². The first-order chi connectivity index (χ1) is 8.01. The quantitative estimate of drug-likeness (QED) is 0.826. The van der Waals surface area contributed by atoms with E-state index in [1.54, 1.807) is 11.3 Å². The molecule has 0 spiro atoms. The number of aryl methyl sites for hydroxylation is 1. The lowest BCUT2D eigenvalue weighted by Gasteiger charge is -2.12. The smallest absolute Gasteiger partial charge is 0.321 e. The lowest BCUT2D eigenvalue weighted by Crippen LogP contribution is -2.44. The van der Waals surface area contributed by atoms with Crippen LogP contribution in [0.25, 0.3) is 0 Å². The van der Waals surface area contributed by atoms with Crippen LogP contribution in [0.1, 0.15) is 16.7 Å². The second-order valence-electron chi connectivity index (χ2n) is 3.77. The van der Waals surface area contributed by atoms with Crippen molar-refractivity contribution < 1.29 is 9.59 Å². The highest BCUT2D eigenvalue weighted by molar-refractivity contribution is 7.11. The van der Waals surface area contributed by atoms with Crippen molar-refractivity contribution in [2.75, 3.05) is 5.88 Å². The van der Waals surface area contributed by atoms with Crippen molar-refractivity contribution in [1.82, 2.24) is 10.6 Å². The Morgan fingerprint density at radius 3 is 2.71 bits per heavy atom. The molecule has 2 N–H and O–H groups in total. The van der Waals surface area contributed by atoms with Crippen LogP contribution in [0.3, 0.4) is 0 Å². The Labute approximate surface area is 109 Å². The van der Waals surface area contributed by atoms with Crippen LogP contribution in [-0.2, 0) is 11.2 Å². The summed E-state index contributed by atoms with van der Waals surface area (Å²) in [6.07, 6.45) is 0.751. The van der Waals surface area contributed by atoms with Crippen molar-refractivity contribution in [3.63, 3.8) is 0 Å². The number of carbonyl (C=O) groups is 2. The van der Waals surface area contributed by atoms with Gasteiger partial charge in [-0.25, -0.2) is 4.79 Å². The van der Waals surface area contributed by atoms with Crippen molar-refractivity contribution in [3.05, 3.63) is 21.9 Å². The molecule has 0 aliphatic carbocycles. The fourth-order valence-corrected chi connectivity index (χ4v) is 2.45. The van der Waals surface area contributed by atoms with Crippen molar-refractivity contribution in [1.29, 1.82) is 0 Å². The molecule has 3 amide bonds.